The quantitative estimate of drug-likeness (QED) is 0.722. The molecule has 0 aromatic heterocycles. The van der Waals surface area contributed by atoms with E-state index in [1.807, 2.05) is 30.3 Å². The number of nitrogens with one attached hydrogen (secondary N) is 1. The Bertz CT molecular complexity index is 279. The van der Waals surface area contributed by atoms with Crippen molar-refractivity contribution in [3.63, 3.8) is 0 Å². The molecule has 1 atom stereocenters. The Morgan fingerprint density at radius 1 is 1.43 bits per heavy atom. The van der Waals surface area contributed by atoms with Crippen LogP contribution in [0.2, 0.25) is 0 Å². The lowest BCUT2D eigenvalue weighted by atomic mass is 10.2. The standard InChI is InChI=1S/C12H17NO/c1-4-10(2)9-13-11-5-7-12(14-3)8-6-11/h4-8,10,13H,1,9H2,2-3H3. The Morgan fingerprint density at radius 2 is 2.07 bits per heavy atom. The lowest BCUT2D eigenvalue weighted by Crippen LogP contribution is -2.08. The smallest absolute Gasteiger partial charge is 0.119 e. The number of rotatable bonds is 5. The van der Waals surface area contributed by atoms with E-state index in [-0.39, 0.29) is 0 Å². The fourth-order valence-corrected chi connectivity index (χ4v) is 1.07. The van der Waals surface area contributed by atoms with Crippen molar-refractivity contribution in [2.24, 2.45) is 5.92 Å². The van der Waals surface area contributed by atoms with Crippen LogP contribution in [0, 0.1) is 5.92 Å². The lowest BCUT2D eigenvalue weighted by Gasteiger charge is -2.09. The van der Waals surface area contributed by atoms with Crippen molar-refractivity contribution in [2.45, 2.75) is 6.92 Å². The minimum atomic E-state index is 0.483. The van der Waals surface area contributed by atoms with Crippen molar-refractivity contribution in [2.75, 3.05) is 19.0 Å². The van der Waals surface area contributed by atoms with Gasteiger partial charge in [-0.3, -0.25) is 0 Å². The van der Waals surface area contributed by atoms with E-state index in [0.717, 1.165) is 18.0 Å². The molecule has 0 aliphatic carbocycles. The zero-order valence-electron chi connectivity index (χ0n) is 8.79. The average molecular weight is 191 g/mol. The number of hydrogen-bond acceptors (Lipinski definition) is 2. The molecule has 2 nitrogen and oxygen atoms in total. The van der Waals surface area contributed by atoms with Crippen LogP contribution < -0.4 is 10.1 Å². The van der Waals surface area contributed by atoms with Crippen LogP contribution in [-0.2, 0) is 0 Å². The predicted molar refractivity (Wildman–Crippen MR) is 60.8 cm³/mol. The van der Waals surface area contributed by atoms with Gasteiger partial charge in [0.15, 0.2) is 0 Å². The summed E-state index contributed by atoms with van der Waals surface area (Å²) < 4.78 is 5.07. The van der Waals surface area contributed by atoms with Crippen LogP contribution in [0.1, 0.15) is 6.92 Å². The lowest BCUT2D eigenvalue weighted by molar-refractivity contribution is 0.415. The molecule has 0 saturated heterocycles. The summed E-state index contributed by atoms with van der Waals surface area (Å²) in [7, 11) is 1.67. The molecule has 0 saturated carbocycles. The maximum absolute atomic E-state index is 5.07. The van der Waals surface area contributed by atoms with Gasteiger partial charge in [0.25, 0.3) is 0 Å². The topological polar surface area (TPSA) is 21.3 Å². The van der Waals surface area contributed by atoms with E-state index in [1.165, 1.54) is 0 Å². The maximum atomic E-state index is 5.07. The van der Waals surface area contributed by atoms with Crippen molar-refractivity contribution in [3.05, 3.63) is 36.9 Å². The first-order valence-electron chi connectivity index (χ1n) is 4.76. The molecule has 0 amide bonds. The highest BCUT2D eigenvalue weighted by atomic mass is 16.5. The zero-order valence-corrected chi connectivity index (χ0v) is 8.79. The molecule has 0 radical (unpaired) electrons. The second kappa shape index (κ2) is 5.32. The van der Waals surface area contributed by atoms with Crippen molar-refractivity contribution in [3.8, 4) is 5.75 Å². The van der Waals surface area contributed by atoms with Gasteiger partial charge in [0.2, 0.25) is 0 Å². The normalized spacial score (nSPS) is 11.9. The average Bonchev–Trinajstić information content (AvgIpc) is 2.26. The number of hydrogen-bond donors (Lipinski definition) is 1. The predicted octanol–water partition coefficient (Wildman–Crippen LogP) is 2.93. The Hall–Kier alpha value is -1.44. The summed E-state index contributed by atoms with van der Waals surface area (Å²) in [5, 5.41) is 3.32. The van der Waals surface area contributed by atoms with E-state index >= 15 is 0 Å². The molecule has 1 unspecified atom stereocenters. The fourth-order valence-electron chi connectivity index (χ4n) is 1.07. The first-order valence-corrected chi connectivity index (χ1v) is 4.76. The summed E-state index contributed by atoms with van der Waals surface area (Å²) >= 11 is 0. The Kier molecular flexibility index (Phi) is 4.05. The van der Waals surface area contributed by atoms with Crippen LogP contribution in [0.4, 0.5) is 5.69 Å². The summed E-state index contributed by atoms with van der Waals surface area (Å²) in [5.74, 6) is 1.37. The van der Waals surface area contributed by atoms with Crippen LogP contribution >= 0.6 is 0 Å². The second-order valence-corrected chi connectivity index (χ2v) is 3.32. The van der Waals surface area contributed by atoms with Crippen LogP contribution in [0.25, 0.3) is 0 Å². The molecular weight excluding hydrogens is 174 g/mol. The van der Waals surface area contributed by atoms with Gasteiger partial charge < -0.3 is 10.1 Å². The Balaban J connectivity index is 2.47. The van der Waals surface area contributed by atoms with Crippen molar-refractivity contribution < 1.29 is 4.74 Å². The maximum Gasteiger partial charge on any atom is 0.119 e. The van der Waals surface area contributed by atoms with Gasteiger partial charge in [-0.25, -0.2) is 0 Å². The van der Waals surface area contributed by atoms with Gasteiger partial charge >= 0.3 is 0 Å². The third-order valence-corrected chi connectivity index (χ3v) is 2.12. The van der Waals surface area contributed by atoms with E-state index in [1.54, 1.807) is 7.11 Å². The zero-order chi connectivity index (χ0) is 10.4. The highest BCUT2D eigenvalue weighted by Gasteiger charge is 1.96. The van der Waals surface area contributed by atoms with Crippen LogP contribution in [0.5, 0.6) is 5.75 Å². The summed E-state index contributed by atoms with van der Waals surface area (Å²) in [4.78, 5) is 0. The van der Waals surface area contributed by atoms with Crippen LogP contribution in [0.3, 0.4) is 0 Å². The molecule has 1 aromatic rings. The van der Waals surface area contributed by atoms with Gasteiger partial charge in [-0.2, -0.15) is 0 Å². The highest BCUT2D eigenvalue weighted by molar-refractivity contribution is 5.46. The van der Waals surface area contributed by atoms with Crippen LogP contribution in [0.15, 0.2) is 36.9 Å². The van der Waals surface area contributed by atoms with Gasteiger partial charge in [-0.05, 0) is 30.2 Å². The minimum Gasteiger partial charge on any atom is -0.497 e. The van der Waals surface area contributed by atoms with Gasteiger partial charge in [0.05, 0.1) is 7.11 Å². The number of benzene rings is 1. The molecule has 0 fully saturated rings. The SMILES string of the molecule is C=CC(C)CNc1ccc(OC)cc1. The Labute approximate surface area is 85.6 Å². The number of anilines is 1. The molecule has 1 N–H and O–H groups in total. The van der Waals surface area contributed by atoms with Crippen molar-refractivity contribution in [1.29, 1.82) is 0 Å². The molecule has 0 bridgehead atoms. The largest absolute Gasteiger partial charge is 0.497 e. The molecular formula is C12H17NO. The Morgan fingerprint density at radius 3 is 2.57 bits per heavy atom. The third-order valence-electron chi connectivity index (χ3n) is 2.12. The first-order chi connectivity index (χ1) is 6.76. The molecule has 2 heteroatoms. The molecule has 1 aromatic carbocycles. The highest BCUT2D eigenvalue weighted by Crippen LogP contribution is 2.15. The summed E-state index contributed by atoms with van der Waals surface area (Å²) in [5.41, 5.74) is 1.11. The van der Waals surface area contributed by atoms with Gasteiger partial charge in [-0.1, -0.05) is 13.0 Å². The van der Waals surface area contributed by atoms with Crippen molar-refractivity contribution in [1.82, 2.24) is 0 Å². The number of methoxy groups -OCH3 is 1. The molecule has 14 heavy (non-hydrogen) atoms. The van der Waals surface area contributed by atoms with E-state index in [4.69, 9.17) is 4.74 Å². The fraction of sp³-hybridized carbons (Fsp3) is 0.333. The first kappa shape index (κ1) is 10.6. The molecule has 0 aliphatic heterocycles. The summed E-state index contributed by atoms with van der Waals surface area (Å²) in [6.45, 7) is 6.78. The van der Waals surface area contributed by atoms with E-state index in [2.05, 4.69) is 18.8 Å². The molecule has 76 valence electrons. The monoisotopic (exact) mass is 191 g/mol. The third kappa shape index (κ3) is 3.13. The summed E-state index contributed by atoms with van der Waals surface area (Å²) in [6, 6.07) is 7.91. The van der Waals surface area contributed by atoms with E-state index in [9.17, 15) is 0 Å². The van der Waals surface area contributed by atoms with Gasteiger partial charge in [0.1, 0.15) is 5.75 Å². The molecule has 0 spiro atoms. The second-order valence-electron chi connectivity index (χ2n) is 3.32. The molecule has 0 aliphatic rings. The van der Waals surface area contributed by atoms with Crippen molar-refractivity contribution >= 4 is 5.69 Å². The minimum absolute atomic E-state index is 0.483. The summed E-state index contributed by atoms with van der Waals surface area (Å²) in [6.07, 6.45) is 1.94. The number of ether oxygens (including phenoxy) is 1. The van der Waals surface area contributed by atoms with E-state index < -0.39 is 0 Å². The van der Waals surface area contributed by atoms with E-state index in [0.29, 0.717) is 5.92 Å². The van der Waals surface area contributed by atoms with Gasteiger partial charge in [0, 0.05) is 12.2 Å². The van der Waals surface area contributed by atoms with Crippen LogP contribution in [-0.4, -0.2) is 13.7 Å². The molecule has 0 heterocycles. The molecule has 1 rings (SSSR count). The van der Waals surface area contributed by atoms with Gasteiger partial charge in [-0.15, -0.1) is 6.58 Å².